The first-order valence-corrected chi connectivity index (χ1v) is 7.83. The van der Waals surface area contributed by atoms with Crippen LogP contribution in [0.2, 0.25) is 0 Å². The third kappa shape index (κ3) is 4.98. The molecule has 0 atom stereocenters. The van der Waals surface area contributed by atoms with Crippen molar-refractivity contribution in [3.8, 4) is 17.6 Å². The van der Waals surface area contributed by atoms with Crippen molar-refractivity contribution in [1.82, 2.24) is 5.32 Å². The van der Waals surface area contributed by atoms with Crippen molar-refractivity contribution in [1.29, 1.82) is 5.26 Å². The molecule has 7 heteroatoms. The molecule has 2 amide bonds. The Bertz CT molecular complexity index is 826. The van der Waals surface area contributed by atoms with E-state index in [1.165, 1.54) is 14.2 Å². The van der Waals surface area contributed by atoms with Gasteiger partial charge in [0.25, 0.3) is 5.91 Å². The molecule has 0 aliphatic rings. The average Bonchev–Trinajstić information content (AvgIpc) is 2.67. The Kier molecular flexibility index (Phi) is 6.57. The third-order valence-electron chi connectivity index (χ3n) is 3.59. The van der Waals surface area contributed by atoms with Crippen LogP contribution >= 0.6 is 0 Å². The van der Waals surface area contributed by atoms with Gasteiger partial charge in [0.15, 0.2) is 11.5 Å². The van der Waals surface area contributed by atoms with E-state index in [1.807, 2.05) is 0 Å². The monoisotopic (exact) mass is 353 g/mol. The topological polar surface area (TPSA) is 100 Å². The first-order valence-electron chi connectivity index (χ1n) is 7.83. The van der Waals surface area contributed by atoms with E-state index in [1.54, 1.807) is 48.5 Å². The van der Waals surface area contributed by atoms with Crippen LogP contribution in [-0.4, -0.2) is 26.0 Å². The SMILES string of the molecule is COc1ccc(C(=O)Nc2ccc(CNC(=O)CC#N)cc2)cc1OC. The molecule has 0 fully saturated rings. The lowest BCUT2D eigenvalue weighted by molar-refractivity contribution is -0.120. The van der Waals surface area contributed by atoms with Crippen LogP contribution in [0.4, 0.5) is 5.69 Å². The minimum atomic E-state index is -0.321. The molecule has 0 bridgehead atoms. The predicted octanol–water partition coefficient (Wildman–Crippen LogP) is 2.49. The van der Waals surface area contributed by atoms with Gasteiger partial charge in [-0.25, -0.2) is 0 Å². The Labute approximate surface area is 151 Å². The number of carbonyl (C=O) groups excluding carboxylic acids is 2. The van der Waals surface area contributed by atoms with Gasteiger partial charge in [0.05, 0.1) is 20.3 Å². The van der Waals surface area contributed by atoms with Gasteiger partial charge >= 0.3 is 0 Å². The molecule has 0 heterocycles. The summed E-state index contributed by atoms with van der Waals surface area (Å²) in [5.41, 5.74) is 1.92. The number of rotatable bonds is 7. The first kappa shape index (κ1) is 18.8. The molecule has 2 rings (SSSR count). The number of amides is 2. The summed E-state index contributed by atoms with van der Waals surface area (Å²) >= 11 is 0. The van der Waals surface area contributed by atoms with Gasteiger partial charge in [-0.1, -0.05) is 12.1 Å². The van der Waals surface area contributed by atoms with Crippen molar-refractivity contribution >= 4 is 17.5 Å². The minimum absolute atomic E-state index is 0.167. The average molecular weight is 353 g/mol. The lowest BCUT2D eigenvalue weighted by Crippen LogP contribution is -2.21. The van der Waals surface area contributed by atoms with Crippen LogP contribution in [0.25, 0.3) is 0 Å². The molecule has 0 unspecified atom stereocenters. The van der Waals surface area contributed by atoms with E-state index in [0.29, 0.717) is 29.3 Å². The number of nitrogens with zero attached hydrogens (tertiary/aromatic N) is 1. The zero-order valence-electron chi connectivity index (χ0n) is 14.5. The molecule has 0 aromatic heterocycles. The zero-order valence-corrected chi connectivity index (χ0v) is 14.5. The number of hydrogen-bond acceptors (Lipinski definition) is 5. The maximum Gasteiger partial charge on any atom is 0.255 e. The number of hydrogen-bond donors (Lipinski definition) is 2. The minimum Gasteiger partial charge on any atom is -0.493 e. The largest absolute Gasteiger partial charge is 0.493 e. The highest BCUT2D eigenvalue weighted by Crippen LogP contribution is 2.27. The Balaban J connectivity index is 1.99. The van der Waals surface area contributed by atoms with Crippen LogP contribution in [0, 0.1) is 11.3 Å². The lowest BCUT2D eigenvalue weighted by atomic mass is 10.1. The number of nitriles is 1. The summed E-state index contributed by atoms with van der Waals surface area (Å²) in [6, 6.07) is 13.8. The van der Waals surface area contributed by atoms with Crippen LogP contribution in [0.15, 0.2) is 42.5 Å². The van der Waals surface area contributed by atoms with Gasteiger partial charge < -0.3 is 20.1 Å². The fourth-order valence-corrected chi connectivity index (χ4v) is 2.22. The highest BCUT2D eigenvalue weighted by Gasteiger charge is 2.11. The molecule has 7 nitrogen and oxygen atoms in total. The van der Waals surface area contributed by atoms with Gasteiger partial charge in [-0.3, -0.25) is 9.59 Å². The zero-order chi connectivity index (χ0) is 18.9. The van der Waals surface area contributed by atoms with Crippen molar-refractivity contribution in [2.24, 2.45) is 0 Å². The number of methoxy groups -OCH3 is 2. The fourth-order valence-electron chi connectivity index (χ4n) is 2.22. The second kappa shape index (κ2) is 9.08. The van der Waals surface area contributed by atoms with Crippen LogP contribution in [0.5, 0.6) is 11.5 Å². The van der Waals surface area contributed by atoms with E-state index in [2.05, 4.69) is 10.6 Å². The summed E-state index contributed by atoms with van der Waals surface area (Å²) < 4.78 is 10.3. The van der Waals surface area contributed by atoms with Crippen molar-refractivity contribution < 1.29 is 19.1 Å². The molecule has 26 heavy (non-hydrogen) atoms. The normalized spacial score (nSPS) is 9.73. The molecule has 0 radical (unpaired) electrons. The maximum absolute atomic E-state index is 12.4. The molecule has 134 valence electrons. The number of ether oxygens (including phenoxy) is 2. The second-order valence-corrected chi connectivity index (χ2v) is 5.33. The summed E-state index contributed by atoms with van der Waals surface area (Å²) in [4.78, 5) is 23.6. The fraction of sp³-hybridized carbons (Fsp3) is 0.211. The van der Waals surface area contributed by atoms with E-state index in [-0.39, 0.29) is 18.2 Å². The molecule has 0 saturated carbocycles. The predicted molar refractivity (Wildman–Crippen MR) is 96.0 cm³/mol. The van der Waals surface area contributed by atoms with Crippen molar-refractivity contribution in [2.45, 2.75) is 13.0 Å². The molecule has 0 aliphatic carbocycles. The molecule has 2 aromatic rings. The van der Waals surface area contributed by atoms with Crippen LogP contribution in [0.3, 0.4) is 0 Å². The highest BCUT2D eigenvalue weighted by molar-refractivity contribution is 6.04. The van der Waals surface area contributed by atoms with Gasteiger partial charge in [0.1, 0.15) is 6.42 Å². The first-order chi connectivity index (χ1) is 12.6. The Morgan fingerprint density at radius 3 is 2.35 bits per heavy atom. The molecule has 2 aromatic carbocycles. The van der Waals surface area contributed by atoms with E-state index >= 15 is 0 Å². The van der Waals surface area contributed by atoms with Crippen molar-refractivity contribution in [3.63, 3.8) is 0 Å². The Morgan fingerprint density at radius 2 is 1.73 bits per heavy atom. The number of nitrogens with one attached hydrogen (secondary N) is 2. The van der Waals surface area contributed by atoms with Gasteiger partial charge in [0.2, 0.25) is 5.91 Å². The molecule has 0 aliphatic heterocycles. The lowest BCUT2D eigenvalue weighted by Gasteiger charge is -2.10. The van der Waals surface area contributed by atoms with Crippen molar-refractivity contribution in [3.05, 3.63) is 53.6 Å². The van der Waals surface area contributed by atoms with Crippen LogP contribution in [-0.2, 0) is 11.3 Å². The maximum atomic E-state index is 12.4. The number of carbonyl (C=O) groups is 2. The molecular formula is C19H19N3O4. The quantitative estimate of drug-likeness (QED) is 0.796. The standard InChI is InChI=1S/C19H19N3O4/c1-25-16-8-5-14(11-17(16)26-2)19(24)22-15-6-3-13(4-7-15)12-21-18(23)9-10-20/h3-8,11H,9,12H2,1-2H3,(H,21,23)(H,22,24). The van der Waals surface area contributed by atoms with Crippen LogP contribution < -0.4 is 20.1 Å². The summed E-state index contributed by atoms with van der Waals surface area (Å²) in [6.45, 7) is 0.324. The number of benzene rings is 2. The summed E-state index contributed by atoms with van der Waals surface area (Å²) in [5, 5.41) is 13.9. The van der Waals surface area contributed by atoms with Gasteiger partial charge in [-0.2, -0.15) is 5.26 Å². The smallest absolute Gasteiger partial charge is 0.255 e. The summed E-state index contributed by atoms with van der Waals surface area (Å²) in [5.74, 6) is 0.426. The molecular weight excluding hydrogens is 334 g/mol. The molecule has 0 saturated heterocycles. The van der Waals surface area contributed by atoms with E-state index in [9.17, 15) is 9.59 Å². The van der Waals surface area contributed by atoms with Gasteiger partial charge in [-0.05, 0) is 35.9 Å². The van der Waals surface area contributed by atoms with E-state index in [0.717, 1.165) is 5.56 Å². The molecule has 0 spiro atoms. The third-order valence-corrected chi connectivity index (χ3v) is 3.59. The number of anilines is 1. The Morgan fingerprint density at radius 1 is 1.04 bits per heavy atom. The molecule has 2 N–H and O–H groups in total. The van der Waals surface area contributed by atoms with Gasteiger partial charge in [-0.15, -0.1) is 0 Å². The highest BCUT2D eigenvalue weighted by atomic mass is 16.5. The van der Waals surface area contributed by atoms with E-state index < -0.39 is 0 Å². The Hall–Kier alpha value is -3.53. The summed E-state index contributed by atoms with van der Waals surface area (Å²) in [7, 11) is 3.04. The van der Waals surface area contributed by atoms with Gasteiger partial charge in [0, 0.05) is 17.8 Å². The van der Waals surface area contributed by atoms with Crippen molar-refractivity contribution in [2.75, 3.05) is 19.5 Å². The van der Waals surface area contributed by atoms with Crippen LogP contribution in [0.1, 0.15) is 22.3 Å². The summed E-state index contributed by atoms with van der Waals surface area (Å²) in [6.07, 6.45) is -0.167. The van der Waals surface area contributed by atoms with E-state index in [4.69, 9.17) is 14.7 Å². The second-order valence-electron chi connectivity index (χ2n) is 5.33.